The molecule has 0 spiro atoms. The van der Waals surface area contributed by atoms with E-state index < -0.39 is 36.3 Å². The minimum atomic E-state index is -5.02. The van der Waals surface area contributed by atoms with E-state index in [2.05, 4.69) is 9.47 Å². The SMILES string of the molecule is CC(=O)OCC(=O)c1ccc(OC(F)(F)F)c(F)c1. The van der Waals surface area contributed by atoms with Crippen molar-refractivity contribution in [3.63, 3.8) is 0 Å². The zero-order chi connectivity index (χ0) is 14.6. The number of hydrogen-bond acceptors (Lipinski definition) is 4. The lowest BCUT2D eigenvalue weighted by Gasteiger charge is -2.10. The predicted octanol–water partition coefficient (Wildman–Crippen LogP) is 2.47. The van der Waals surface area contributed by atoms with Crippen LogP contribution >= 0.6 is 0 Å². The van der Waals surface area contributed by atoms with Gasteiger partial charge in [0, 0.05) is 12.5 Å². The number of carbonyl (C=O) groups excluding carboxylic acids is 2. The molecule has 0 bridgehead atoms. The second-order valence-corrected chi connectivity index (χ2v) is 3.40. The van der Waals surface area contributed by atoms with Crippen molar-refractivity contribution < 1.29 is 36.6 Å². The number of Topliss-reactive ketones (excluding diaryl/α,β-unsaturated/α-hetero) is 1. The van der Waals surface area contributed by atoms with Crippen LogP contribution in [-0.2, 0) is 9.53 Å². The van der Waals surface area contributed by atoms with Gasteiger partial charge in [0.25, 0.3) is 0 Å². The Balaban J connectivity index is 2.82. The summed E-state index contributed by atoms with van der Waals surface area (Å²) in [5.41, 5.74) is -0.228. The van der Waals surface area contributed by atoms with E-state index in [1.165, 1.54) is 0 Å². The molecular formula is C11H8F4O4. The Morgan fingerprint density at radius 2 is 1.89 bits per heavy atom. The molecule has 0 atom stereocenters. The maximum absolute atomic E-state index is 13.3. The molecule has 0 unspecified atom stereocenters. The molecular weight excluding hydrogens is 272 g/mol. The molecule has 0 saturated carbocycles. The Morgan fingerprint density at radius 3 is 2.37 bits per heavy atom. The quantitative estimate of drug-likeness (QED) is 0.483. The molecule has 8 heteroatoms. The van der Waals surface area contributed by atoms with E-state index in [1.807, 2.05) is 0 Å². The minimum Gasteiger partial charge on any atom is -0.457 e. The smallest absolute Gasteiger partial charge is 0.457 e. The molecule has 1 aromatic rings. The highest BCUT2D eigenvalue weighted by Gasteiger charge is 2.32. The molecule has 0 amide bonds. The number of ether oxygens (including phenoxy) is 2. The van der Waals surface area contributed by atoms with E-state index in [-0.39, 0.29) is 5.56 Å². The first-order valence-corrected chi connectivity index (χ1v) is 4.91. The van der Waals surface area contributed by atoms with Crippen molar-refractivity contribution in [3.05, 3.63) is 29.6 Å². The van der Waals surface area contributed by atoms with Crippen LogP contribution < -0.4 is 4.74 Å². The molecule has 104 valence electrons. The van der Waals surface area contributed by atoms with E-state index in [0.717, 1.165) is 13.0 Å². The molecule has 0 fully saturated rings. The number of esters is 1. The Morgan fingerprint density at radius 1 is 1.26 bits per heavy atom. The highest BCUT2D eigenvalue weighted by atomic mass is 19.4. The van der Waals surface area contributed by atoms with Gasteiger partial charge in [-0.05, 0) is 18.2 Å². The van der Waals surface area contributed by atoms with Crippen molar-refractivity contribution in [2.24, 2.45) is 0 Å². The van der Waals surface area contributed by atoms with Crippen LogP contribution in [0.2, 0.25) is 0 Å². The van der Waals surface area contributed by atoms with Crippen LogP contribution in [-0.4, -0.2) is 24.7 Å². The van der Waals surface area contributed by atoms with E-state index in [9.17, 15) is 27.2 Å². The van der Waals surface area contributed by atoms with Gasteiger partial charge in [0.05, 0.1) is 0 Å². The van der Waals surface area contributed by atoms with Crippen molar-refractivity contribution in [1.82, 2.24) is 0 Å². The minimum absolute atomic E-state index is 0.228. The highest BCUT2D eigenvalue weighted by molar-refractivity contribution is 5.98. The lowest BCUT2D eigenvalue weighted by atomic mass is 10.1. The third kappa shape index (κ3) is 4.94. The van der Waals surface area contributed by atoms with Crippen LogP contribution in [0.5, 0.6) is 5.75 Å². The van der Waals surface area contributed by atoms with Gasteiger partial charge in [0.2, 0.25) is 0 Å². The zero-order valence-corrected chi connectivity index (χ0v) is 9.58. The predicted molar refractivity (Wildman–Crippen MR) is 54.0 cm³/mol. The molecule has 1 rings (SSSR count). The van der Waals surface area contributed by atoms with E-state index in [0.29, 0.717) is 12.1 Å². The first kappa shape index (κ1) is 14.9. The number of hydrogen-bond donors (Lipinski definition) is 0. The summed E-state index contributed by atoms with van der Waals surface area (Å²) < 4.78 is 56.7. The van der Waals surface area contributed by atoms with Crippen LogP contribution in [0.3, 0.4) is 0 Å². The summed E-state index contributed by atoms with van der Waals surface area (Å²) >= 11 is 0. The molecule has 4 nitrogen and oxygen atoms in total. The van der Waals surface area contributed by atoms with Crippen LogP contribution in [0.25, 0.3) is 0 Å². The number of carbonyl (C=O) groups is 2. The summed E-state index contributed by atoms with van der Waals surface area (Å²) in [5, 5.41) is 0. The second kappa shape index (κ2) is 5.68. The number of alkyl halides is 3. The monoisotopic (exact) mass is 280 g/mol. The molecule has 0 heterocycles. The van der Waals surface area contributed by atoms with Crippen LogP contribution in [0.15, 0.2) is 18.2 Å². The molecule has 0 saturated heterocycles. The summed E-state index contributed by atoms with van der Waals surface area (Å²) in [6, 6.07) is 2.19. The van der Waals surface area contributed by atoms with Crippen molar-refractivity contribution in [2.75, 3.05) is 6.61 Å². The molecule has 19 heavy (non-hydrogen) atoms. The number of benzene rings is 1. The van der Waals surface area contributed by atoms with Crippen molar-refractivity contribution in [1.29, 1.82) is 0 Å². The summed E-state index contributed by atoms with van der Waals surface area (Å²) in [5.74, 6) is -3.83. The molecule has 0 aromatic heterocycles. The third-order valence-corrected chi connectivity index (χ3v) is 1.89. The summed E-state index contributed by atoms with van der Waals surface area (Å²) in [6.07, 6.45) is -5.02. The Labute approximate surface area is 104 Å². The highest BCUT2D eigenvalue weighted by Crippen LogP contribution is 2.26. The van der Waals surface area contributed by atoms with Gasteiger partial charge in [-0.25, -0.2) is 4.39 Å². The lowest BCUT2D eigenvalue weighted by Crippen LogP contribution is -2.18. The molecule has 0 aliphatic carbocycles. The zero-order valence-electron chi connectivity index (χ0n) is 9.58. The number of ketones is 1. The Hall–Kier alpha value is -2.12. The van der Waals surface area contributed by atoms with E-state index in [1.54, 1.807) is 0 Å². The third-order valence-electron chi connectivity index (χ3n) is 1.89. The topological polar surface area (TPSA) is 52.6 Å². The van der Waals surface area contributed by atoms with Gasteiger partial charge in [-0.15, -0.1) is 13.2 Å². The molecule has 1 aromatic carbocycles. The molecule has 0 radical (unpaired) electrons. The standard InChI is InChI=1S/C11H8F4O4/c1-6(16)18-5-9(17)7-2-3-10(8(12)4-7)19-11(13,14)15/h2-4H,5H2,1H3. The van der Waals surface area contributed by atoms with Gasteiger partial charge in [-0.3, -0.25) is 9.59 Å². The largest absolute Gasteiger partial charge is 0.573 e. The first-order valence-electron chi connectivity index (χ1n) is 4.91. The maximum Gasteiger partial charge on any atom is 0.573 e. The van der Waals surface area contributed by atoms with Crippen molar-refractivity contribution in [3.8, 4) is 5.75 Å². The second-order valence-electron chi connectivity index (χ2n) is 3.40. The fourth-order valence-corrected chi connectivity index (χ4v) is 1.13. The van der Waals surface area contributed by atoms with E-state index >= 15 is 0 Å². The van der Waals surface area contributed by atoms with Gasteiger partial charge in [-0.2, -0.15) is 0 Å². The van der Waals surface area contributed by atoms with Gasteiger partial charge in [0.15, 0.2) is 24.0 Å². The van der Waals surface area contributed by atoms with Gasteiger partial charge in [-0.1, -0.05) is 0 Å². The summed E-state index contributed by atoms with van der Waals surface area (Å²) in [7, 11) is 0. The van der Waals surface area contributed by atoms with Gasteiger partial charge < -0.3 is 9.47 Å². The average molecular weight is 280 g/mol. The fraction of sp³-hybridized carbons (Fsp3) is 0.273. The van der Waals surface area contributed by atoms with Gasteiger partial charge >= 0.3 is 12.3 Å². The Kier molecular flexibility index (Phi) is 4.47. The maximum atomic E-state index is 13.3. The lowest BCUT2D eigenvalue weighted by molar-refractivity contribution is -0.275. The number of halogens is 4. The van der Waals surface area contributed by atoms with Crippen molar-refractivity contribution >= 4 is 11.8 Å². The van der Waals surface area contributed by atoms with Crippen LogP contribution in [0.4, 0.5) is 17.6 Å². The number of rotatable bonds is 4. The molecule has 0 aliphatic rings. The van der Waals surface area contributed by atoms with E-state index in [4.69, 9.17) is 0 Å². The van der Waals surface area contributed by atoms with Crippen LogP contribution in [0, 0.1) is 5.82 Å². The van der Waals surface area contributed by atoms with Crippen molar-refractivity contribution in [2.45, 2.75) is 13.3 Å². The first-order chi connectivity index (χ1) is 8.69. The normalized spacial score (nSPS) is 11.0. The molecule has 0 aliphatic heterocycles. The summed E-state index contributed by atoms with van der Waals surface area (Å²) in [6.45, 7) is 0.461. The Bertz CT molecular complexity index is 496. The fourth-order valence-electron chi connectivity index (χ4n) is 1.13. The molecule has 0 N–H and O–H groups in total. The average Bonchev–Trinajstić information content (AvgIpc) is 2.27. The van der Waals surface area contributed by atoms with Crippen LogP contribution in [0.1, 0.15) is 17.3 Å². The summed E-state index contributed by atoms with van der Waals surface area (Å²) in [4.78, 5) is 21.9. The van der Waals surface area contributed by atoms with Gasteiger partial charge in [0.1, 0.15) is 0 Å².